The lowest BCUT2D eigenvalue weighted by Gasteiger charge is -2.26. The summed E-state index contributed by atoms with van der Waals surface area (Å²) in [6.07, 6.45) is 0.555. The molecule has 0 aliphatic carbocycles. The third kappa shape index (κ3) is 7.44. The van der Waals surface area contributed by atoms with Crippen LogP contribution < -0.4 is 0 Å². The van der Waals surface area contributed by atoms with Crippen LogP contribution in [0.5, 0.6) is 5.75 Å². The van der Waals surface area contributed by atoms with E-state index in [0.29, 0.717) is 25.2 Å². The Hall–Kier alpha value is -1.41. The fraction of sp³-hybridized carbons (Fsp3) is 0.588. The van der Waals surface area contributed by atoms with Gasteiger partial charge in [0.05, 0.1) is 11.7 Å². The molecule has 1 unspecified atom stereocenters. The molecule has 1 rings (SSSR count). The molecule has 136 valence electrons. The summed E-state index contributed by atoms with van der Waals surface area (Å²) in [6, 6.07) is 6.58. The van der Waals surface area contributed by atoms with Crippen molar-refractivity contribution in [3.8, 4) is 5.75 Å². The zero-order valence-electron chi connectivity index (χ0n) is 14.7. The molecule has 0 aromatic heterocycles. The topological polar surface area (TPSA) is 85.2 Å². The van der Waals surface area contributed by atoms with Crippen LogP contribution in [-0.2, 0) is 13.6 Å². The second-order valence-corrected chi connectivity index (χ2v) is 9.04. The summed E-state index contributed by atoms with van der Waals surface area (Å²) in [4.78, 5) is 11.8. The van der Waals surface area contributed by atoms with Crippen molar-refractivity contribution >= 4 is 14.5 Å². The zero-order valence-corrected chi connectivity index (χ0v) is 15.7. The van der Waals surface area contributed by atoms with E-state index in [1.165, 1.54) is 24.3 Å². The molecule has 0 aliphatic heterocycles. The molecule has 24 heavy (non-hydrogen) atoms. The molecule has 0 heterocycles. The van der Waals surface area contributed by atoms with Crippen LogP contribution in [0.15, 0.2) is 24.3 Å². The highest BCUT2D eigenvalue weighted by atomic mass is 28.4. The standard InChI is InChI=1S/C17H28O6Si/c1-4-22-24(3,23-5-2)12-6-7-16(19)13-21-17(20)14-8-10-15(18)11-9-14/h8-11,16,18-19H,4-7,12-13H2,1-3H3. The predicted octanol–water partition coefficient (Wildman–Crippen LogP) is 2.84. The second-order valence-electron chi connectivity index (χ2n) is 5.69. The molecule has 0 amide bonds. The molecular weight excluding hydrogens is 328 g/mol. The maximum Gasteiger partial charge on any atom is 0.338 e. The van der Waals surface area contributed by atoms with Crippen LogP contribution in [0.25, 0.3) is 0 Å². The van der Waals surface area contributed by atoms with Crippen molar-refractivity contribution in [2.24, 2.45) is 0 Å². The Kier molecular flexibility index (Phi) is 8.98. The van der Waals surface area contributed by atoms with E-state index in [0.717, 1.165) is 12.5 Å². The van der Waals surface area contributed by atoms with Crippen LogP contribution >= 0.6 is 0 Å². The monoisotopic (exact) mass is 356 g/mol. The van der Waals surface area contributed by atoms with Gasteiger partial charge in [0, 0.05) is 13.2 Å². The van der Waals surface area contributed by atoms with E-state index in [1.807, 2.05) is 20.4 Å². The highest BCUT2D eigenvalue weighted by molar-refractivity contribution is 6.66. The Balaban J connectivity index is 2.31. The predicted molar refractivity (Wildman–Crippen MR) is 93.3 cm³/mol. The minimum absolute atomic E-state index is 0.0543. The molecule has 1 aromatic rings. The van der Waals surface area contributed by atoms with E-state index in [-0.39, 0.29) is 12.4 Å². The first-order chi connectivity index (χ1) is 11.4. The number of esters is 1. The van der Waals surface area contributed by atoms with Crippen LogP contribution in [-0.4, -0.2) is 50.7 Å². The number of aromatic hydroxyl groups is 1. The molecule has 6 nitrogen and oxygen atoms in total. The number of phenolic OH excluding ortho intramolecular Hbond substituents is 1. The molecule has 0 saturated heterocycles. The molecule has 0 aliphatic rings. The normalized spacial score (nSPS) is 12.8. The number of hydrogen-bond acceptors (Lipinski definition) is 6. The van der Waals surface area contributed by atoms with E-state index >= 15 is 0 Å². The smallest absolute Gasteiger partial charge is 0.338 e. The Labute approximate surface area is 144 Å². The molecule has 0 saturated carbocycles. The summed E-state index contributed by atoms with van der Waals surface area (Å²) >= 11 is 0. The number of carbonyl (C=O) groups excluding carboxylic acids is 1. The van der Waals surface area contributed by atoms with Crippen molar-refractivity contribution in [1.82, 2.24) is 0 Å². The van der Waals surface area contributed by atoms with Gasteiger partial charge in [-0.1, -0.05) is 0 Å². The third-order valence-corrected chi connectivity index (χ3v) is 6.64. The van der Waals surface area contributed by atoms with Gasteiger partial charge in [0.15, 0.2) is 0 Å². The van der Waals surface area contributed by atoms with E-state index in [4.69, 9.17) is 13.6 Å². The van der Waals surface area contributed by atoms with Crippen LogP contribution in [0.4, 0.5) is 0 Å². The molecule has 1 aromatic carbocycles. The number of hydrogen-bond donors (Lipinski definition) is 2. The maximum absolute atomic E-state index is 11.8. The van der Waals surface area contributed by atoms with Gasteiger partial charge in [-0.25, -0.2) is 4.79 Å². The van der Waals surface area contributed by atoms with Crippen molar-refractivity contribution in [1.29, 1.82) is 0 Å². The fourth-order valence-corrected chi connectivity index (χ4v) is 4.83. The lowest BCUT2D eigenvalue weighted by molar-refractivity contribution is 0.0235. The third-order valence-electron chi connectivity index (χ3n) is 3.58. The number of benzene rings is 1. The molecule has 1 atom stereocenters. The lowest BCUT2D eigenvalue weighted by Crippen LogP contribution is -2.38. The number of rotatable bonds is 11. The fourth-order valence-electron chi connectivity index (χ4n) is 2.39. The van der Waals surface area contributed by atoms with Crippen LogP contribution in [0.2, 0.25) is 12.6 Å². The quantitative estimate of drug-likeness (QED) is 0.468. The number of ether oxygens (including phenoxy) is 1. The highest BCUT2D eigenvalue weighted by Crippen LogP contribution is 2.18. The number of aliphatic hydroxyl groups is 1. The van der Waals surface area contributed by atoms with Gasteiger partial charge in [-0.2, -0.15) is 0 Å². The highest BCUT2D eigenvalue weighted by Gasteiger charge is 2.30. The molecule has 0 radical (unpaired) electrons. The van der Waals surface area contributed by atoms with Gasteiger partial charge in [-0.15, -0.1) is 0 Å². The molecule has 2 N–H and O–H groups in total. The van der Waals surface area contributed by atoms with Crippen LogP contribution in [0.3, 0.4) is 0 Å². The summed E-state index contributed by atoms with van der Waals surface area (Å²) in [5, 5.41) is 19.1. The van der Waals surface area contributed by atoms with Gasteiger partial charge < -0.3 is 23.8 Å². The summed E-state index contributed by atoms with van der Waals surface area (Å²) in [6.45, 7) is 7.10. The Morgan fingerprint density at radius 1 is 1.17 bits per heavy atom. The molecule has 7 heteroatoms. The summed E-state index contributed by atoms with van der Waals surface area (Å²) in [7, 11) is -2.16. The zero-order chi connectivity index (χ0) is 18.0. The largest absolute Gasteiger partial charge is 0.508 e. The SMILES string of the molecule is CCO[Si](C)(CCCC(O)COC(=O)c1ccc(O)cc1)OCC. The van der Waals surface area contributed by atoms with Crippen molar-refractivity contribution in [3.63, 3.8) is 0 Å². The first kappa shape index (κ1) is 20.6. The molecule has 0 spiro atoms. The van der Waals surface area contributed by atoms with Crippen molar-refractivity contribution in [3.05, 3.63) is 29.8 Å². The van der Waals surface area contributed by atoms with E-state index < -0.39 is 20.6 Å². The van der Waals surface area contributed by atoms with E-state index in [2.05, 4.69) is 0 Å². The van der Waals surface area contributed by atoms with Gasteiger partial charge in [0.2, 0.25) is 0 Å². The first-order valence-corrected chi connectivity index (χ1v) is 10.8. The minimum Gasteiger partial charge on any atom is -0.508 e. The van der Waals surface area contributed by atoms with Gasteiger partial charge in [0.25, 0.3) is 0 Å². The minimum atomic E-state index is -2.16. The lowest BCUT2D eigenvalue weighted by atomic mass is 10.2. The summed E-state index contributed by atoms with van der Waals surface area (Å²) in [5.74, 6) is -0.431. The van der Waals surface area contributed by atoms with Crippen LogP contribution in [0.1, 0.15) is 37.0 Å². The second kappa shape index (κ2) is 10.5. The Bertz CT molecular complexity index is 484. The van der Waals surface area contributed by atoms with Gasteiger partial charge in [-0.3, -0.25) is 0 Å². The van der Waals surface area contributed by atoms with E-state index in [9.17, 15) is 15.0 Å². The molecule has 0 bridgehead atoms. The number of aliphatic hydroxyl groups excluding tert-OH is 1. The first-order valence-electron chi connectivity index (χ1n) is 8.32. The van der Waals surface area contributed by atoms with Gasteiger partial charge in [-0.05, 0) is 63.5 Å². The average molecular weight is 356 g/mol. The van der Waals surface area contributed by atoms with Crippen LogP contribution in [0, 0.1) is 0 Å². The maximum atomic E-state index is 11.8. The molecular formula is C17H28O6Si. The average Bonchev–Trinajstić information content (AvgIpc) is 2.53. The van der Waals surface area contributed by atoms with Crippen molar-refractivity contribution in [2.75, 3.05) is 19.8 Å². The summed E-state index contributed by atoms with van der Waals surface area (Å²) in [5.41, 5.74) is 0.340. The molecule has 0 fully saturated rings. The van der Waals surface area contributed by atoms with Crippen molar-refractivity contribution < 1.29 is 28.6 Å². The number of carbonyl (C=O) groups is 1. The van der Waals surface area contributed by atoms with Crippen molar-refractivity contribution in [2.45, 2.75) is 45.4 Å². The van der Waals surface area contributed by atoms with Gasteiger partial charge >= 0.3 is 14.5 Å². The Morgan fingerprint density at radius 3 is 2.29 bits per heavy atom. The Morgan fingerprint density at radius 2 is 1.75 bits per heavy atom. The summed E-state index contributed by atoms with van der Waals surface area (Å²) < 4.78 is 16.6. The number of phenols is 1. The van der Waals surface area contributed by atoms with E-state index in [1.54, 1.807) is 0 Å². The van der Waals surface area contributed by atoms with Gasteiger partial charge in [0.1, 0.15) is 12.4 Å².